The number of para-hydroxylation sites is 4. The number of carbonyl (C=O) groups is 1. The van der Waals surface area contributed by atoms with Crippen LogP contribution in [0.5, 0.6) is 23.0 Å². The van der Waals surface area contributed by atoms with Crippen LogP contribution in [0.3, 0.4) is 0 Å². The highest BCUT2D eigenvalue weighted by Crippen LogP contribution is 2.31. The maximum Gasteiger partial charge on any atom is 0.343 e. The lowest BCUT2D eigenvalue weighted by Crippen LogP contribution is -2.20. The first-order valence-corrected chi connectivity index (χ1v) is 14.4. The first-order valence-electron chi connectivity index (χ1n) is 11.5. The Morgan fingerprint density at radius 3 is 1.73 bits per heavy atom. The SMILES string of the molecule is COc1ccccc1S(=O)(=O)Oc1cccc(NC(=O)Nc2ccccc2OS(=O)(=O)c2ccccc2OC)c1. The van der Waals surface area contributed by atoms with Crippen LogP contribution in [0.25, 0.3) is 0 Å². The van der Waals surface area contributed by atoms with Crippen LogP contribution >= 0.6 is 0 Å². The average Bonchev–Trinajstić information content (AvgIpc) is 2.94. The zero-order valence-electron chi connectivity index (χ0n) is 21.2. The second kappa shape index (κ2) is 12.0. The Morgan fingerprint density at radius 2 is 1.12 bits per heavy atom. The predicted molar refractivity (Wildman–Crippen MR) is 147 cm³/mol. The molecule has 0 fully saturated rings. The Hall–Kier alpha value is -4.75. The first-order chi connectivity index (χ1) is 19.1. The second-order valence-electron chi connectivity index (χ2n) is 7.98. The van der Waals surface area contributed by atoms with Gasteiger partial charge in [0.05, 0.1) is 19.9 Å². The topological polar surface area (TPSA) is 146 Å². The molecule has 0 aliphatic carbocycles. The molecule has 0 bridgehead atoms. The van der Waals surface area contributed by atoms with Crippen LogP contribution in [0.4, 0.5) is 16.2 Å². The molecule has 13 heteroatoms. The summed E-state index contributed by atoms with van der Waals surface area (Å²) in [5.74, 6) is 0.0177. The van der Waals surface area contributed by atoms with Gasteiger partial charge in [-0.1, -0.05) is 42.5 Å². The van der Waals surface area contributed by atoms with Gasteiger partial charge in [-0.2, -0.15) is 16.8 Å². The van der Waals surface area contributed by atoms with Crippen molar-refractivity contribution in [3.8, 4) is 23.0 Å². The van der Waals surface area contributed by atoms with Gasteiger partial charge in [-0.15, -0.1) is 0 Å². The lowest BCUT2D eigenvalue weighted by molar-refractivity contribution is 0.262. The molecule has 0 saturated heterocycles. The van der Waals surface area contributed by atoms with Crippen molar-refractivity contribution in [3.05, 3.63) is 97.1 Å². The highest BCUT2D eigenvalue weighted by Gasteiger charge is 2.24. The molecule has 0 aliphatic heterocycles. The molecule has 0 aromatic heterocycles. The van der Waals surface area contributed by atoms with Gasteiger partial charge in [0.25, 0.3) is 0 Å². The molecule has 208 valence electrons. The molecule has 0 unspecified atom stereocenters. The molecule has 11 nitrogen and oxygen atoms in total. The fraction of sp³-hybridized carbons (Fsp3) is 0.0741. The maximum atomic E-state index is 12.9. The third-order valence-corrected chi connectivity index (χ3v) is 7.87. The van der Waals surface area contributed by atoms with Crippen molar-refractivity contribution in [2.75, 3.05) is 24.9 Å². The fourth-order valence-corrected chi connectivity index (χ4v) is 5.74. The predicted octanol–water partition coefficient (Wildman–Crippen LogP) is 4.88. The van der Waals surface area contributed by atoms with E-state index in [4.69, 9.17) is 17.8 Å². The summed E-state index contributed by atoms with van der Waals surface area (Å²) in [7, 11) is -5.86. The number of rotatable bonds is 10. The first kappa shape index (κ1) is 28.3. The van der Waals surface area contributed by atoms with Crippen LogP contribution in [0, 0.1) is 0 Å². The molecule has 0 saturated carbocycles. The van der Waals surface area contributed by atoms with Crippen molar-refractivity contribution in [3.63, 3.8) is 0 Å². The third kappa shape index (κ3) is 6.62. The Kier molecular flexibility index (Phi) is 8.46. The van der Waals surface area contributed by atoms with Crippen LogP contribution in [0.15, 0.2) is 107 Å². The summed E-state index contributed by atoms with van der Waals surface area (Å²) in [6.45, 7) is 0. The normalized spacial score (nSPS) is 11.2. The lowest BCUT2D eigenvalue weighted by Gasteiger charge is -2.14. The van der Waals surface area contributed by atoms with Gasteiger partial charge < -0.3 is 28.5 Å². The number of nitrogens with one attached hydrogen (secondary N) is 2. The molecular weight excluding hydrogens is 560 g/mol. The summed E-state index contributed by atoms with van der Waals surface area (Å²) in [5, 5.41) is 5.07. The van der Waals surface area contributed by atoms with Crippen molar-refractivity contribution >= 4 is 37.6 Å². The van der Waals surface area contributed by atoms with E-state index in [9.17, 15) is 21.6 Å². The molecule has 2 amide bonds. The van der Waals surface area contributed by atoms with Gasteiger partial charge in [0.1, 0.15) is 27.0 Å². The van der Waals surface area contributed by atoms with E-state index < -0.39 is 26.3 Å². The molecule has 0 heterocycles. The number of amides is 2. The number of benzene rings is 4. The molecule has 4 aromatic rings. The summed E-state index contributed by atoms with van der Waals surface area (Å²) >= 11 is 0. The summed E-state index contributed by atoms with van der Waals surface area (Å²) in [4.78, 5) is 12.4. The second-order valence-corrected chi connectivity index (χ2v) is 11.0. The molecule has 0 atom stereocenters. The minimum Gasteiger partial charge on any atom is -0.495 e. The van der Waals surface area contributed by atoms with E-state index in [1.54, 1.807) is 24.3 Å². The van der Waals surface area contributed by atoms with Crippen LogP contribution < -0.4 is 28.5 Å². The van der Waals surface area contributed by atoms with Gasteiger partial charge >= 0.3 is 26.3 Å². The van der Waals surface area contributed by atoms with E-state index in [0.29, 0.717) is 0 Å². The van der Waals surface area contributed by atoms with Crippen molar-refractivity contribution in [1.29, 1.82) is 0 Å². The lowest BCUT2D eigenvalue weighted by atomic mass is 10.3. The van der Waals surface area contributed by atoms with E-state index in [2.05, 4.69) is 10.6 Å². The minimum atomic E-state index is -4.30. The van der Waals surface area contributed by atoms with Gasteiger partial charge in [-0.3, -0.25) is 0 Å². The Bertz CT molecular complexity index is 1740. The monoisotopic (exact) mass is 584 g/mol. The molecule has 0 spiro atoms. The third-order valence-electron chi connectivity index (χ3n) is 5.31. The zero-order valence-corrected chi connectivity index (χ0v) is 22.9. The molecule has 4 aromatic carbocycles. The standard InChI is InChI=1S/C27H24N2O9S2/c1-35-23-14-5-7-16-25(23)39(31,32)37-20-11-9-10-19(18-20)28-27(30)29-21-12-3-4-13-22(21)38-40(33,34)26-17-8-6-15-24(26)36-2/h3-18H,1-2H3,(H2,28,29,30). The van der Waals surface area contributed by atoms with Crippen molar-refractivity contribution in [2.24, 2.45) is 0 Å². The van der Waals surface area contributed by atoms with E-state index in [-0.39, 0.29) is 44.2 Å². The van der Waals surface area contributed by atoms with Gasteiger partial charge in [0.2, 0.25) is 0 Å². The van der Waals surface area contributed by atoms with Gasteiger partial charge in [-0.25, -0.2) is 4.79 Å². The van der Waals surface area contributed by atoms with Crippen LogP contribution in [0.1, 0.15) is 0 Å². The number of urea groups is 1. The van der Waals surface area contributed by atoms with Gasteiger partial charge in [-0.05, 0) is 48.5 Å². The number of ether oxygens (including phenoxy) is 2. The van der Waals surface area contributed by atoms with Crippen LogP contribution in [0.2, 0.25) is 0 Å². The summed E-state index contributed by atoms with van der Waals surface area (Å²) in [5.41, 5.74) is 0.259. The molecular formula is C27H24N2O9S2. The highest BCUT2D eigenvalue weighted by atomic mass is 32.2. The van der Waals surface area contributed by atoms with Crippen LogP contribution in [-0.2, 0) is 20.2 Å². The van der Waals surface area contributed by atoms with Gasteiger partial charge in [0.15, 0.2) is 5.75 Å². The minimum absolute atomic E-state index is 0.0598. The number of hydrogen-bond acceptors (Lipinski definition) is 9. The molecule has 4 rings (SSSR count). The largest absolute Gasteiger partial charge is 0.495 e. The summed E-state index contributed by atoms with van der Waals surface area (Å²) in [6.07, 6.45) is 0. The van der Waals surface area contributed by atoms with E-state index in [1.807, 2.05) is 0 Å². The Morgan fingerprint density at radius 1 is 0.600 bits per heavy atom. The molecule has 0 radical (unpaired) electrons. The van der Waals surface area contributed by atoms with Crippen molar-refractivity contribution < 1.29 is 39.5 Å². The summed E-state index contributed by atoms with van der Waals surface area (Å²) in [6, 6.07) is 22.8. The number of hydrogen-bond donors (Lipinski definition) is 2. The fourth-order valence-electron chi connectivity index (χ4n) is 3.54. The smallest absolute Gasteiger partial charge is 0.343 e. The quantitative estimate of drug-likeness (QED) is 0.249. The molecule has 2 N–H and O–H groups in total. The highest BCUT2D eigenvalue weighted by molar-refractivity contribution is 7.87. The van der Waals surface area contributed by atoms with Crippen LogP contribution in [-0.4, -0.2) is 37.1 Å². The van der Waals surface area contributed by atoms with E-state index >= 15 is 0 Å². The number of carbonyl (C=O) groups excluding carboxylic acids is 1. The van der Waals surface area contributed by atoms with Gasteiger partial charge in [0, 0.05) is 11.8 Å². The average molecular weight is 585 g/mol. The summed E-state index contributed by atoms with van der Waals surface area (Å²) < 4.78 is 72.1. The Balaban J connectivity index is 1.48. The molecule has 0 aliphatic rings. The Labute approximate surface area is 231 Å². The van der Waals surface area contributed by atoms with Crippen molar-refractivity contribution in [1.82, 2.24) is 0 Å². The van der Waals surface area contributed by atoms with E-state index in [1.165, 1.54) is 87.0 Å². The zero-order chi connectivity index (χ0) is 28.8. The number of methoxy groups -OCH3 is 2. The number of anilines is 2. The molecule has 40 heavy (non-hydrogen) atoms. The van der Waals surface area contributed by atoms with E-state index in [0.717, 1.165) is 0 Å². The van der Waals surface area contributed by atoms with Crippen molar-refractivity contribution in [2.45, 2.75) is 9.79 Å². The maximum absolute atomic E-state index is 12.9.